The topological polar surface area (TPSA) is 47.9 Å². The molecule has 0 aromatic carbocycles. The van der Waals surface area contributed by atoms with Crippen LogP contribution >= 0.6 is 11.3 Å². The van der Waals surface area contributed by atoms with Crippen LogP contribution in [-0.2, 0) is 21.0 Å². The lowest BCUT2D eigenvalue weighted by molar-refractivity contribution is -0.187. The number of carbonyl (C=O) groups is 1. The maximum absolute atomic E-state index is 13.1. The van der Waals surface area contributed by atoms with Gasteiger partial charge in [0.15, 0.2) is 0 Å². The third-order valence-corrected chi connectivity index (χ3v) is 10.8. The molecule has 4 nitrogen and oxygen atoms in total. The molecule has 2 bridgehead atoms. The molecule has 4 fully saturated rings. The van der Waals surface area contributed by atoms with E-state index in [4.69, 9.17) is 14.7 Å². The van der Waals surface area contributed by atoms with E-state index in [1.165, 1.54) is 43.4 Å². The van der Waals surface area contributed by atoms with E-state index in [1.54, 1.807) is 11.3 Å². The van der Waals surface area contributed by atoms with Gasteiger partial charge in [-0.1, -0.05) is 25.4 Å². The Balaban J connectivity index is 1.40. The predicted molar refractivity (Wildman–Crippen MR) is 128 cm³/mol. The number of nitrogens with zero attached hydrogens (tertiary/aromatic N) is 1. The van der Waals surface area contributed by atoms with Crippen LogP contribution in [0.5, 0.6) is 0 Å². The van der Waals surface area contributed by atoms with Gasteiger partial charge in [-0.05, 0) is 105 Å². The summed E-state index contributed by atoms with van der Waals surface area (Å²) in [5.74, 6) is 1.14. The first kappa shape index (κ1) is 22.4. The SMILES string of the molecule is CCOC(=O)[C@]1(C)CCC[C@@]2(C)[C@@H]3CC[C@@]4(C)C[C@]3(CC[C@@H]21)C/C4=N\OCc1ccsc1. The summed E-state index contributed by atoms with van der Waals surface area (Å²) in [5.41, 5.74) is 2.89. The van der Waals surface area contributed by atoms with E-state index in [-0.39, 0.29) is 22.2 Å². The molecular formula is C27H39NO3S. The van der Waals surface area contributed by atoms with Gasteiger partial charge in [0.1, 0.15) is 6.61 Å². The first-order chi connectivity index (χ1) is 15.3. The van der Waals surface area contributed by atoms with Gasteiger partial charge in [0.25, 0.3) is 0 Å². The van der Waals surface area contributed by atoms with Gasteiger partial charge in [0.05, 0.1) is 17.7 Å². The van der Waals surface area contributed by atoms with Crippen LogP contribution in [0.1, 0.15) is 91.0 Å². The van der Waals surface area contributed by atoms with Crippen LogP contribution < -0.4 is 0 Å². The fourth-order valence-corrected chi connectivity index (χ4v) is 9.42. The summed E-state index contributed by atoms with van der Waals surface area (Å²) in [6.45, 7) is 10.1. The van der Waals surface area contributed by atoms with Gasteiger partial charge in [-0.25, -0.2) is 0 Å². The second-order valence-corrected chi connectivity index (χ2v) is 12.7. The zero-order valence-corrected chi connectivity index (χ0v) is 21.1. The van der Waals surface area contributed by atoms with Gasteiger partial charge >= 0.3 is 5.97 Å². The van der Waals surface area contributed by atoms with Gasteiger partial charge in [0, 0.05) is 11.0 Å². The van der Waals surface area contributed by atoms with Crippen molar-refractivity contribution in [2.45, 2.75) is 92.1 Å². The molecule has 1 aromatic heterocycles. The van der Waals surface area contributed by atoms with Crippen LogP contribution in [0.15, 0.2) is 22.0 Å². The summed E-state index contributed by atoms with van der Waals surface area (Å²) < 4.78 is 5.61. The van der Waals surface area contributed by atoms with Crippen molar-refractivity contribution in [2.75, 3.05) is 6.61 Å². The van der Waals surface area contributed by atoms with E-state index in [1.807, 2.05) is 6.92 Å². The first-order valence-corrected chi connectivity index (χ1v) is 13.6. The van der Waals surface area contributed by atoms with Crippen LogP contribution in [0, 0.1) is 33.5 Å². The molecule has 0 amide bonds. The number of hydrogen-bond acceptors (Lipinski definition) is 5. The molecule has 0 N–H and O–H groups in total. The molecule has 1 heterocycles. The third-order valence-electron chi connectivity index (χ3n) is 10.1. The summed E-state index contributed by atoms with van der Waals surface area (Å²) in [7, 11) is 0. The van der Waals surface area contributed by atoms with Crippen molar-refractivity contribution in [3.8, 4) is 0 Å². The van der Waals surface area contributed by atoms with E-state index in [2.05, 4.69) is 37.6 Å². The molecular weight excluding hydrogens is 418 g/mol. The number of esters is 1. The van der Waals surface area contributed by atoms with E-state index in [0.717, 1.165) is 25.7 Å². The number of ether oxygens (including phenoxy) is 1. The molecule has 4 saturated carbocycles. The van der Waals surface area contributed by atoms with Gasteiger partial charge in [-0.2, -0.15) is 11.3 Å². The van der Waals surface area contributed by atoms with Crippen LogP contribution in [-0.4, -0.2) is 18.3 Å². The van der Waals surface area contributed by atoms with Gasteiger partial charge in [-0.15, -0.1) is 0 Å². The monoisotopic (exact) mass is 457 g/mol. The molecule has 6 atom stereocenters. The van der Waals surface area contributed by atoms with Gasteiger partial charge < -0.3 is 9.57 Å². The lowest BCUT2D eigenvalue weighted by atomic mass is 9.40. The lowest BCUT2D eigenvalue weighted by Crippen LogP contribution is -2.58. The maximum atomic E-state index is 13.1. The zero-order chi connectivity index (χ0) is 22.6. The van der Waals surface area contributed by atoms with Gasteiger partial charge in [0.2, 0.25) is 0 Å². The Morgan fingerprint density at radius 3 is 2.72 bits per heavy atom. The summed E-state index contributed by atoms with van der Waals surface area (Å²) in [5, 5.41) is 8.98. The fraction of sp³-hybridized carbons (Fsp3) is 0.778. The largest absolute Gasteiger partial charge is 0.466 e. The Kier molecular flexibility index (Phi) is 5.51. The van der Waals surface area contributed by atoms with E-state index in [0.29, 0.717) is 30.5 Å². The highest BCUT2D eigenvalue weighted by molar-refractivity contribution is 7.07. The minimum absolute atomic E-state index is 0.0445. The summed E-state index contributed by atoms with van der Waals surface area (Å²) >= 11 is 1.70. The van der Waals surface area contributed by atoms with Crippen molar-refractivity contribution < 1.29 is 14.4 Å². The minimum atomic E-state index is -0.329. The fourth-order valence-electron chi connectivity index (χ4n) is 8.77. The molecule has 32 heavy (non-hydrogen) atoms. The molecule has 5 heteroatoms. The summed E-state index contributed by atoms with van der Waals surface area (Å²) in [6.07, 6.45) is 10.5. The smallest absolute Gasteiger partial charge is 0.312 e. The Hall–Kier alpha value is -1.36. The Labute approximate surface area is 197 Å². The van der Waals surface area contributed by atoms with Gasteiger partial charge in [-0.3, -0.25) is 4.79 Å². The summed E-state index contributed by atoms with van der Waals surface area (Å²) in [6, 6.07) is 2.11. The standard InChI is InChI=1S/C27H39NO3S/c1-5-30-23(29)26(4)11-6-10-25(3)20(26)8-13-27-15-22(24(2,18-27)12-7-21(25)27)28-31-16-19-9-14-32-17-19/h9,14,17,20-21H,5-8,10-13,15-16,18H2,1-4H3/b28-22+/t20-,21-,24-,25+,26+,27-/m0/s1. The predicted octanol–water partition coefficient (Wildman–Crippen LogP) is 6.99. The van der Waals surface area contributed by atoms with Crippen molar-refractivity contribution in [3.63, 3.8) is 0 Å². The molecule has 0 aliphatic heterocycles. The Bertz CT molecular complexity index is 897. The minimum Gasteiger partial charge on any atom is -0.466 e. The van der Waals surface area contributed by atoms with Crippen molar-refractivity contribution in [1.82, 2.24) is 0 Å². The molecule has 1 spiro atoms. The number of rotatable bonds is 5. The Morgan fingerprint density at radius 2 is 1.97 bits per heavy atom. The highest BCUT2D eigenvalue weighted by Crippen LogP contribution is 2.73. The normalized spacial score (nSPS) is 44.1. The molecule has 5 rings (SSSR count). The number of carbonyl (C=O) groups excluding carboxylic acids is 1. The highest BCUT2D eigenvalue weighted by atomic mass is 32.1. The first-order valence-electron chi connectivity index (χ1n) is 12.6. The van der Waals surface area contributed by atoms with E-state index in [9.17, 15) is 4.79 Å². The second-order valence-electron chi connectivity index (χ2n) is 11.9. The van der Waals surface area contributed by atoms with Crippen molar-refractivity contribution in [1.29, 1.82) is 0 Å². The highest BCUT2D eigenvalue weighted by Gasteiger charge is 2.67. The molecule has 1 aromatic rings. The van der Waals surface area contributed by atoms with Crippen LogP contribution in [0.25, 0.3) is 0 Å². The van der Waals surface area contributed by atoms with E-state index < -0.39 is 0 Å². The second kappa shape index (κ2) is 7.85. The quantitative estimate of drug-likeness (QED) is 0.354. The average molecular weight is 458 g/mol. The molecule has 4 aliphatic rings. The Morgan fingerprint density at radius 1 is 1.16 bits per heavy atom. The number of oxime groups is 1. The van der Waals surface area contributed by atoms with Crippen molar-refractivity contribution in [2.24, 2.45) is 38.7 Å². The van der Waals surface area contributed by atoms with Crippen molar-refractivity contribution in [3.05, 3.63) is 22.4 Å². The van der Waals surface area contributed by atoms with Crippen LogP contribution in [0.3, 0.4) is 0 Å². The molecule has 0 unspecified atom stereocenters. The number of thiophene rings is 1. The van der Waals surface area contributed by atoms with E-state index >= 15 is 0 Å². The number of fused-ring (bicyclic) bond motifs is 3. The molecule has 0 radical (unpaired) electrons. The molecule has 0 saturated heterocycles. The molecule has 176 valence electrons. The average Bonchev–Trinajstić information content (AvgIpc) is 3.32. The summed E-state index contributed by atoms with van der Waals surface area (Å²) in [4.78, 5) is 19.0. The lowest BCUT2D eigenvalue weighted by Gasteiger charge is -2.64. The van der Waals surface area contributed by atoms with Crippen LogP contribution in [0.4, 0.5) is 0 Å². The maximum Gasteiger partial charge on any atom is 0.312 e. The molecule has 4 aliphatic carbocycles. The zero-order valence-electron chi connectivity index (χ0n) is 20.2. The van der Waals surface area contributed by atoms with Crippen LogP contribution in [0.2, 0.25) is 0 Å². The number of hydrogen-bond donors (Lipinski definition) is 0. The third kappa shape index (κ3) is 3.28. The van der Waals surface area contributed by atoms with Crippen molar-refractivity contribution >= 4 is 23.0 Å².